The summed E-state index contributed by atoms with van der Waals surface area (Å²) >= 11 is 0. The molecule has 0 saturated heterocycles. The van der Waals surface area contributed by atoms with Crippen LogP contribution in [0.3, 0.4) is 0 Å². The van der Waals surface area contributed by atoms with Gasteiger partial charge >= 0.3 is 0 Å². The van der Waals surface area contributed by atoms with E-state index in [4.69, 9.17) is 0 Å². The smallest absolute Gasteiger partial charge is 0.129 e. The Bertz CT molecular complexity index is 571. The molecule has 0 saturated carbocycles. The van der Waals surface area contributed by atoms with Crippen molar-refractivity contribution in [3.8, 4) is 0 Å². The molecule has 0 aliphatic rings. The molecule has 4 heteroatoms. The summed E-state index contributed by atoms with van der Waals surface area (Å²) in [7, 11) is 0. The summed E-state index contributed by atoms with van der Waals surface area (Å²) in [5.41, 5.74) is -0.756. The van der Waals surface area contributed by atoms with Crippen LogP contribution in [-0.4, -0.2) is 10.7 Å². The van der Waals surface area contributed by atoms with Crippen LogP contribution in [0.5, 0.6) is 0 Å². The first-order valence-corrected chi connectivity index (χ1v) is 6.27. The largest absolute Gasteiger partial charge is 0.389 e. The second kappa shape index (κ2) is 5.67. The first-order chi connectivity index (χ1) is 9.37. The van der Waals surface area contributed by atoms with E-state index in [-0.39, 0.29) is 24.2 Å². The fourth-order valence-electron chi connectivity index (χ4n) is 2.19. The van der Waals surface area contributed by atoms with Crippen LogP contribution in [0.15, 0.2) is 42.5 Å². The Balaban J connectivity index is 2.16. The van der Waals surface area contributed by atoms with Crippen LogP contribution in [0.2, 0.25) is 0 Å². The van der Waals surface area contributed by atoms with Crippen LogP contribution in [0, 0.1) is 17.5 Å². The molecular weight excluding hydrogens is 265 g/mol. The average Bonchev–Trinajstić information content (AvgIpc) is 2.37. The number of benzene rings is 2. The first kappa shape index (κ1) is 14.6. The monoisotopic (exact) mass is 280 g/mol. The Morgan fingerprint density at radius 1 is 0.900 bits per heavy atom. The van der Waals surface area contributed by atoms with Crippen molar-refractivity contribution < 1.29 is 18.3 Å². The Morgan fingerprint density at radius 3 is 2.00 bits per heavy atom. The van der Waals surface area contributed by atoms with Crippen molar-refractivity contribution in [3.05, 3.63) is 71.0 Å². The van der Waals surface area contributed by atoms with E-state index in [1.807, 2.05) is 0 Å². The molecule has 1 atom stereocenters. The molecule has 2 aromatic rings. The molecule has 106 valence electrons. The lowest BCUT2D eigenvalue weighted by Gasteiger charge is -2.24. The number of hydrogen-bond donors (Lipinski definition) is 1. The van der Waals surface area contributed by atoms with Crippen molar-refractivity contribution in [2.45, 2.75) is 25.4 Å². The summed E-state index contributed by atoms with van der Waals surface area (Å²) < 4.78 is 40.0. The van der Waals surface area contributed by atoms with Gasteiger partial charge in [-0.15, -0.1) is 0 Å². The molecule has 1 N–H and O–H groups in total. The molecule has 1 nitrogen and oxygen atoms in total. The minimum absolute atomic E-state index is 0.139. The van der Waals surface area contributed by atoms with Crippen molar-refractivity contribution in [3.63, 3.8) is 0 Å². The summed E-state index contributed by atoms with van der Waals surface area (Å²) in [6.07, 6.45) is 0.0317. The van der Waals surface area contributed by atoms with Crippen molar-refractivity contribution in [2.75, 3.05) is 0 Å². The van der Waals surface area contributed by atoms with E-state index in [1.165, 1.54) is 25.1 Å². The Labute approximate surface area is 115 Å². The van der Waals surface area contributed by atoms with Crippen molar-refractivity contribution in [2.24, 2.45) is 0 Å². The van der Waals surface area contributed by atoms with Gasteiger partial charge in [-0.2, -0.15) is 0 Å². The van der Waals surface area contributed by atoms with Crippen LogP contribution in [0.1, 0.15) is 18.1 Å². The molecule has 2 rings (SSSR count). The van der Waals surface area contributed by atoms with Crippen LogP contribution < -0.4 is 0 Å². The van der Waals surface area contributed by atoms with Gasteiger partial charge in [-0.3, -0.25) is 0 Å². The van der Waals surface area contributed by atoms with E-state index in [2.05, 4.69) is 0 Å². The molecule has 0 fully saturated rings. The van der Waals surface area contributed by atoms with Crippen LogP contribution >= 0.6 is 0 Å². The summed E-state index contributed by atoms with van der Waals surface area (Å²) in [6, 6.07) is 9.26. The Kier molecular flexibility index (Phi) is 4.14. The lowest BCUT2D eigenvalue weighted by atomic mass is 9.89. The molecule has 0 aliphatic heterocycles. The summed E-state index contributed by atoms with van der Waals surface area (Å²) in [6.45, 7) is 1.50. The molecule has 0 amide bonds. The maximum absolute atomic E-state index is 13.6. The lowest BCUT2D eigenvalue weighted by Crippen LogP contribution is -2.31. The molecule has 2 aromatic carbocycles. The van der Waals surface area contributed by atoms with Crippen LogP contribution in [0.4, 0.5) is 13.2 Å². The molecule has 0 aliphatic carbocycles. The third-order valence-corrected chi connectivity index (χ3v) is 3.12. The quantitative estimate of drug-likeness (QED) is 0.906. The molecule has 1 unspecified atom stereocenters. The maximum Gasteiger partial charge on any atom is 0.129 e. The van der Waals surface area contributed by atoms with Gasteiger partial charge in [0.2, 0.25) is 0 Å². The van der Waals surface area contributed by atoms with Crippen molar-refractivity contribution in [1.29, 1.82) is 0 Å². The van der Waals surface area contributed by atoms with Gasteiger partial charge in [0, 0.05) is 18.4 Å². The number of rotatable bonds is 4. The van der Waals surface area contributed by atoms with Gasteiger partial charge in [-0.05, 0) is 36.8 Å². The topological polar surface area (TPSA) is 20.2 Å². The average molecular weight is 280 g/mol. The third kappa shape index (κ3) is 3.61. The van der Waals surface area contributed by atoms with Gasteiger partial charge in [-0.1, -0.05) is 18.2 Å². The molecule has 0 aromatic heterocycles. The lowest BCUT2D eigenvalue weighted by molar-refractivity contribution is 0.0589. The highest BCUT2D eigenvalue weighted by Crippen LogP contribution is 2.22. The second-order valence-electron chi connectivity index (χ2n) is 5.18. The number of hydrogen-bond acceptors (Lipinski definition) is 1. The Hall–Kier alpha value is -1.81. The number of aliphatic hydroxyl groups is 1. The van der Waals surface area contributed by atoms with E-state index < -0.39 is 17.2 Å². The second-order valence-corrected chi connectivity index (χ2v) is 5.18. The van der Waals surface area contributed by atoms with Crippen LogP contribution in [-0.2, 0) is 12.8 Å². The molecule has 0 radical (unpaired) electrons. The van der Waals surface area contributed by atoms with E-state index in [1.54, 1.807) is 12.1 Å². The minimum atomic E-state index is -1.32. The standard InChI is InChI=1S/C16H15F3O/c1-16(20,9-11-5-7-12(17)8-6-11)10-13-14(18)3-2-4-15(13)19/h2-8,20H,9-10H2,1H3. The van der Waals surface area contributed by atoms with Gasteiger partial charge in [0.15, 0.2) is 0 Å². The van der Waals surface area contributed by atoms with Crippen molar-refractivity contribution >= 4 is 0 Å². The zero-order valence-corrected chi connectivity index (χ0v) is 11.0. The maximum atomic E-state index is 13.6. The zero-order valence-electron chi connectivity index (χ0n) is 11.0. The van der Waals surface area contributed by atoms with E-state index in [0.717, 1.165) is 12.1 Å². The van der Waals surface area contributed by atoms with Gasteiger partial charge < -0.3 is 5.11 Å². The van der Waals surface area contributed by atoms with Gasteiger partial charge in [0.25, 0.3) is 0 Å². The summed E-state index contributed by atoms with van der Waals surface area (Å²) in [5, 5.41) is 10.3. The van der Waals surface area contributed by atoms with Crippen LogP contribution in [0.25, 0.3) is 0 Å². The van der Waals surface area contributed by atoms with E-state index >= 15 is 0 Å². The first-order valence-electron chi connectivity index (χ1n) is 6.27. The molecule has 20 heavy (non-hydrogen) atoms. The minimum Gasteiger partial charge on any atom is -0.389 e. The number of halogens is 3. The Morgan fingerprint density at radius 2 is 1.45 bits per heavy atom. The van der Waals surface area contributed by atoms with Gasteiger partial charge in [0.1, 0.15) is 17.5 Å². The highest BCUT2D eigenvalue weighted by Gasteiger charge is 2.25. The molecular formula is C16H15F3O. The normalized spacial score (nSPS) is 14.1. The molecule has 0 spiro atoms. The fraction of sp³-hybridized carbons (Fsp3) is 0.250. The van der Waals surface area contributed by atoms with Crippen molar-refractivity contribution in [1.82, 2.24) is 0 Å². The third-order valence-electron chi connectivity index (χ3n) is 3.12. The molecule has 0 heterocycles. The van der Waals surface area contributed by atoms with Gasteiger partial charge in [0.05, 0.1) is 5.60 Å². The SMILES string of the molecule is CC(O)(Cc1ccc(F)cc1)Cc1c(F)cccc1F. The fourth-order valence-corrected chi connectivity index (χ4v) is 2.19. The predicted octanol–water partition coefficient (Wildman–Crippen LogP) is 3.64. The molecule has 0 bridgehead atoms. The highest BCUT2D eigenvalue weighted by molar-refractivity contribution is 5.24. The van der Waals surface area contributed by atoms with E-state index in [0.29, 0.717) is 5.56 Å². The predicted molar refractivity (Wildman–Crippen MR) is 70.8 cm³/mol. The van der Waals surface area contributed by atoms with Gasteiger partial charge in [-0.25, -0.2) is 13.2 Å². The summed E-state index contributed by atoms with van der Waals surface area (Å²) in [4.78, 5) is 0. The zero-order chi connectivity index (χ0) is 14.8. The summed E-state index contributed by atoms with van der Waals surface area (Å²) in [5.74, 6) is -1.72. The van der Waals surface area contributed by atoms with E-state index in [9.17, 15) is 18.3 Å². The highest BCUT2D eigenvalue weighted by atomic mass is 19.1.